The molecule has 0 saturated heterocycles. The Morgan fingerprint density at radius 3 is 2.58 bits per heavy atom. The van der Waals surface area contributed by atoms with Crippen molar-refractivity contribution >= 4 is 6.03 Å². The Labute approximate surface area is 142 Å². The highest BCUT2D eigenvalue weighted by atomic mass is 16.3. The summed E-state index contributed by atoms with van der Waals surface area (Å²) in [6, 6.07) is 7.52. The van der Waals surface area contributed by atoms with Crippen molar-refractivity contribution in [2.24, 2.45) is 5.92 Å². The molecule has 0 aliphatic carbocycles. The molecule has 1 unspecified atom stereocenters. The second-order valence-corrected chi connectivity index (χ2v) is 6.56. The minimum absolute atomic E-state index is 0.0467. The van der Waals surface area contributed by atoms with E-state index in [1.807, 2.05) is 45.0 Å². The Morgan fingerprint density at radius 2 is 1.96 bits per heavy atom. The molecule has 130 valence electrons. The van der Waals surface area contributed by atoms with Crippen LogP contribution < -0.4 is 10.6 Å². The van der Waals surface area contributed by atoms with Crippen molar-refractivity contribution in [3.63, 3.8) is 0 Å². The van der Waals surface area contributed by atoms with Crippen molar-refractivity contribution < 1.29 is 14.3 Å². The highest BCUT2D eigenvalue weighted by Gasteiger charge is 2.25. The van der Waals surface area contributed by atoms with E-state index < -0.39 is 5.60 Å². The van der Waals surface area contributed by atoms with Crippen LogP contribution in [-0.4, -0.2) is 28.3 Å². The van der Waals surface area contributed by atoms with Gasteiger partial charge in [-0.3, -0.25) is 0 Å². The number of carbonyl (C=O) groups is 1. The van der Waals surface area contributed by atoms with Crippen molar-refractivity contribution in [1.82, 2.24) is 15.6 Å². The quantitative estimate of drug-likeness (QED) is 0.759. The molecular weight excluding hydrogens is 306 g/mol. The fraction of sp³-hybridized carbons (Fsp3) is 0.444. The topological polar surface area (TPSA) is 87.4 Å². The summed E-state index contributed by atoms with van der Waals surface area (Å²) in [5, 5.41) is 15.5. The molecule has 24 heavy (non-hydrogen) atoms. The van der Waals surface area contributed by atoms with E-state index in [1.54, 1.807) is 6.92 Å². The van der Waals surface area contributed by atoms with Gasteiger partial charge in [0, 0.05) is 12.1 Å². The number of hydrogen-bond donors (Lipinski definition) is 3. The van der Waals surface area contributed by atoms with Crippen LogP contribution in [0.15, 0.2) is 34.9 Å². The molecule has 1 aromatic heterocycles. The van der Waals surface area contributed by atoms with E-state index >= 15 is 0 Å². The standard InChI is InChI=1S/C18H25N3O3/c1-12(2)18(4,23)11-20-17(22)19-9-15-10-24-16(21-15)14-7-5-13(3)6-8-14/h5-8,10,12,23H,9,11H2,1-4H3,(H2,19,20,22). The first kappa shape index (κ1) is 18.0. The summed E-state index contributed by atoms with van der Waals surface area (Å²) >= 11 is 0. The van der Waals surface area contributed by atoms with Crippen LogP contribution in [0.4, 0.5) is 4.79 Å². The highest BCUT2D eigenvalue weighted by molar-refractivity contribution is 5.73. The van der Waals surface area contributed by atoms with Gasteiger partial charge >= 0.3 is 6.03 Å². The lowest BCUT2D eigenvalue weighted by atomic mass is 9.93. The second kappa shape index (κ2) is 7.49. The molecule has 2 rings (SSSR count). The first-order valence-corrected chi connectivity index (χ1v) is 8.03. The van der Waals surface area contributed by atoms with Gasteiger partial charge in [0.1, 0.15) is 6.26 Å². The molecule has 1 atom stereocenters. The SMILES string of the molecule is Cc1ccc(-c2nc(CNC(=O)NCC(C)(O)C(C)C)co2)cc1. The third kappa shape index (κ3) is 4.83. The number of aliphatic hydroxyl groups is 1. The molecule has 6 nitrogen and oxygen atoms in total. The minimum atomic E-state index is -0.941. The normalized spacial score (nSPS) is 13.6. The lowest BCUT2D eigenvalue weighted by Gasteiger charge is -2.27. The van der Waals surface area contributed by atoms with E-state index in [-0.39, 0.29) is 25.0 Å². The number of carbonyl (C=O) groups excluding carboxylic acids is 1. The van der Waals surface area contributed by atoms with Gasteiger partial charge in [0.15, 0.2) is 0 Å². The zero-order valence-corrected chi connectivity index (χ0v) is 14.6. The summed E-state index contributed by atoms with van der Waals surface area (Å²) in [4.78, 5) is 16.2. The molecule has 0 fully saturated rings. The van der Waals surface area contributed by atoms with Crippen LogP contribution in [-0.2, 0) is 6.54 Å². The Bertz CT molecular complexity index is 675. The summed E-state index contributed by atoms with van der Waals surface area (Å²) < 4.78 is 5.45. The number of amides is 2. The average molecular weight is 331 g/mol. The van der Waals surface area contributed by atoms with Gasteiger partial charge < -0.3 is 20.2 Å². The summed E-state index contributed by atoms with van der Waals surface area (Å²) in [7, 11) is 0. The lowest BCUT2D eigenvalue weighted by molar-refractivity contribution is 0.0166. The molecular formula is C18H25N3O3. The van der Waals surface area contributed by atoms with E-state index in [2.05, 4.69) is 15.6 Å². The second-order valence-electron chi connectivity index (χ2n) is 6.56. The molecule has 0 radical (unpaired) electrons. The Morgan fingerprint density at radius 1 is 1.29 bits per heavy atom. The predicted octanol–water partition coefficient (Wildman–Crippen LogP) is 2.86. The van der Waals surface area contributed by atoms with Crippen LogP contribution in [0.2, 0.25) is 0 Å². The molecule has 6 heteroatoms. The fourth-order valence-electron chi connectivity index (χ4n) is 1.91. The molecule has 0 aliphatic rings. The number of oxazole rings is 1. The largest absolute Gasteiger partial charge is 0.444 e. The van der Waals surface area contributed by atoms with E-state index in [1.165, 1.54) is 11.8 Å². The van der Waals surface area contributed by atoms with Crippen LogP contribution in [0.25, 0.3) is 11.5 Å². The third-order valence-corrected chi connectivity index (χ3v) is 4.13. The van der Waals surface area contributed by atoms with Gasteiger partial charge in [-0.1, -0.05) is 31.5 Å². The minimum Gasteiger partial charge on any atom is -0.444 e. The van der Waals surface area contributed by atoms with E-state index in [0.29, 0.717) is 11.6 Å². The van der Waals surface area contributed by atoms with Gasteiger partial charge in [0.25, 0.3) is 0 Å². The van der Waals surface area contributed by atoms with Crippen molar-refractivity contribution in [3.8, 4) is 11.5 Å². The number of rotatable bonds is 6. The molecule has 1 heterocycles. The van der Waals surface area contributed by atoms with E-state index in [0.717, 1.165) is 5.56 Å². The zero-order chi connectivity index (χ0) is 17.7. The van der Waals surface area contributed by atoms with E-state index in [9.17, 15) is 9.90 Å². The predicted molar refractivity (Wildman–Crippen MR) is 92.4 cm³/mol. The number of urea groups is 1. The fourth-order valence-corrected chi connectivity index (χ4v) is 1.91. The monoisotopic (exact) mass is 331 g/mol. The van der Waals surface area contributed by atoms with Gasteiger partial charge in [0.05, 0.1) is 17.8 Å². The van der Waals surface area contributed by atoms with Crippen LogP contribution in [0.3, 0.4) is 0 Å². The molecule has 2 amide bonds. The molecule has 0 aliphatic heterocycles. The molecule has 0 bridgehead atoms. The van der Waals surface area contributed by atoms with Gasteiger partial charge in [-0.05, 0) is 31.9 Å². The Hall–Kier alpha value is -2.34. The maximum absolute atomic E-state index is 11.8. The Balaban J connectivity index is 1.85. The van der Waals surface area contributed by atoms with Crippen molar-refractivity contribution in [2.45, 2.75) is 39.8 Å². The van der Waals surface area contributed by atoms with Crippen LogP contribution in [0.1, 0.15) is 32.0 Å². The summed E-state index contributed by atoms with van der Waals surface area (Å²) in [5.74, 6) is 0.570. The van der Waals surface area contributed by atoms with Gasteiger partial charge in [-0.25, -0.2) is 9.78 Å². The number of hydrogen-bond acceptors (Lipinski definition) is 4. The van der Waals surface area contributed by atoms with Gasteiger partial charge in [-0.15, -0.1) is 0 Å². The highest BCUT2D eigenvalue weighted by Crippen LogP contribution is 2.19. The van der Waals surface area contributed by atoms with Gasteiger partial charge in [-0.2, -0.15) is 0 Å². The number of nitrogens with zero attached hydrogens (tertiary/aromatic N) is 1. The first-order chi connectivity index (χ1) is 11.3. The van der Waals surface area contributed by atoms with Crippen molar-refractivity contribution in [1.29, 1.82) is 0 Å². The number of aromatic nitrogens is 1. The number of aryl methyl sites for hydroxylation is 1. The molecule has 1 aromatic carbocycles. The lowest BCUT2D eigenvalue weighted by Crippen LogP contribution is -2.47. The molecule has 2 aromatic rings. The third-order valence-electron chi connectivity index (χ3n) is 4.13. The van der Waals surface area contributed by atoms with Crippen molar-refractivity contribution in [3.05, 3.63) is 41.8 Å². The van der Waals surface area contributed by atoms with Crippen LogP contribution >= 0.6 is 0 Å². The smallest absolute Gasteiger partial charge is 0.315 e. The zero-order valence-electron chi connectivity index (χ0n) is 14.6. The summed E-state index contributed by atoms with van der Waals surface area (Å²) in [6.45, 7) is 7.96. The maximum Gasteiger partial charge on any atom is 0.315 e. The molecule has 3 N–H and O–H groups in total. The number of benzene rings is 1. The maximum atomic E-state index is 11.8. The first-order valence-electron chi connectivity index (χ1n) is 8.03. The molecule has 0 spiro atoms. The number of nitrogens with one attached hydrogen (secondary N) is 2. The Kier molecular flexibility index (Phi) is 5.62. The van der Waals surface area contributed by atoms with Gasteiger partial charge in [0.2, 0.25) is 5.89 Å². The van der Waals surface area contributed by atoms with Crippen LogP contribution in [0.5, 0.6) is 0 Å². The molecule has 0 saturated carbocycles. The summed E-state index contributed by atoms with van der Waals surface area (Å²) in [5.41, 5.74) is 1.76. The van der Waals surface area contributed by atoms with Crippen molar-refractivity contribution in [2.75, 3.05) is 6.54 Å². The summed E-state index contributed by atoms with van der Waals surface area (Å²) in [6.07, 6.45) is 1.53. The average Bonchev–Trinajstić information content (AvgIpc) is 3.00. The van der Waals surface area contributed by atoms with Crippen LogP contribution in [0, 0.1) is 12.8 Å². The van der Waals surface area contributed by atoms with E-state index in [4.69, 9.17) is 4.42 Å².